The molecular formula is C21H37N3O5S. The molecule has 0 saturated carbocycles. The van der Waals surface area contributed by atoms with Crippen molar-refractivity contribution >= 4 is 22.0 Å². The average Bonchev–Trinajstić information content (AvgIpc) is 3.16. The zero-order valence-electron chi connectivity index (χ0n) is 18.8. The summed E-state index contributed by atoms with van der Waals surface area (Å²) >= 11 is 0. The maximum Gasteiger partial charge on any atom is 0.410 e. The van der Waals surface area contributed by atoms with E-state index in [0.717, 1.165) is 58.3 Å². The molecule has 0 aromatic carbocycles. The first kappa shape index (κ1) is 23.3. The smallest absolute Gasteiger partial charge is 0.410 e. The van der Waals surface area contributed by atoms with Gasteiger partial charge in [0, 0.05) is 39.3 Å². The second-order valence-corrected chi connectivity index (χ2v) is 12.1. The molecule has 30 heavy (non-hydrogen) atoms. The number of rotatable bonds is 3. The number of sulfonamides is 1. The van der Waals surface area contributed by atoms with Crippen LogP contribution in [-0.4, -0.2) is 85.6 Å². The van der Waals surface area contributed by atoms with Crippen molar-refractivity contribution in [1.82, 2.24) is 14.1 Å². The van der Waals surface area contributed by atoms with Crippen molar-refractivity contribution in [2.24, 2.45) is 17.8 Å². The zero-order chi connectivity index (χ0) is 22.1. The van der Waals surface area contributed by atoms with Crippen LogP contribution in [0.4, 0.5) is 4.79 Å². The highest BCUT2D eigenvalue weighted by Crippen LogP contribution is 2.33. The van der Waals surface area contributed by atoms with Crippen LogP contribution in [0.3, 0.4) is 0 Å². The first-order chi connectivity index (χ1) is 13.9. The standard InChI is InChI=1S/C21H37N3O5S/c1-21(2,3)29-20(26)23-13-9-17(14-23)16-7-11-22(12-8-16)19(25)18-6-5-10-24(15-18)30(4,27)28/h16-18H,5-15H2,1-4H3/t17-,18-/m0/s1. The first-order valence-electron chi connectivity index (χ1n) is 11.2. The second-order valence-electron chi connectivity index (χ2n) is 10.1. The van der Waals surface area contributed by atoms with E-state index in [1.54, 1.807) is 0 Å². The first-order valence-corrected chi connectivity index (χ1v) is 13.0. The molecule has 8 nitrogen and oxygen atoms in total. The highest BCUT2D eigenvalue weighted by atomic mass is 32.2. The van der Waals surface area contributed by atoms with E-state index >= 15 is 0 Å². The van der Waals surface area contributed by atoms with Gasteiger partial charge in [-0.25, -0.2) is 17.5 Å². The molecule has 0 N–H and O–H groups in total. The van der Waals surface area contributed by atoms with Gasteiger partial charge in [-0.1, -0.05) is 0 Å². The van der Waals surface area contributed by atoms with E-state index in [0.29, 0.717) is 24.9 Å². The minimum atomic E-state index is -3.25. The molecule has 9 heteroatoms. The number of hydrogen-bond donors (Lipinski definition) is 0. The summed E-state index contributed by atoms with van der Waals surface area (Å²) in [5, 5.41) is 0. The molecule has 3 fully saturated rings. The molecule has 172 valence electrons. The van der Waals surface area contributed by atoms with Crippen LogP contribution < -0.4 is 0 Å². The summed E-state index contributed by atoms with van der Waals surface area (Å²) in [5.74, 6) is 0.855. The van der Waals surface area contributed by atoms with Crippen molar-refractivity contribution in [2.75, 3.05) is 45.5 Å². The Balaban J connectivity index is 1.47. The SMILES string of the molecule is CC(C)(C)OC(=O)N1CC[C@H](C2CCN(C(=O)[C@H]3CCCN(S(C)(=O)=O)C3)CC2)C1. The third-order valence-corrected chi connectivity index (χ3v) is 7.87. The molecule has 0 spiro atoms. The Kier molecular flexibility index (Phi) is 7.01. The number of carbonyl (C=O) groups is 2. The van der Waals surface area contributed by atoms with Crippen LogP contribution in [0.5, 0.6) is 0 Å². The monoisotopic (exact) mass is 443 g/mol. The van der Waals surface area contributed by atoms with Crippen molar-refractivity contribution in [3.8, 4) is 0 Å². The third-order valence-electron chi connectivity index (χ3n) is 6.60. The lowest BCUT2D eigenvalue weighted by Gasteiger charge is -2.38. The van der Waals surface area contributed by atoms with Crippen LogP contribution in [-0.2, 0) is 19.6 Å². The molecular weight excluding hydrogens is 406 g/mol. The van der Waals surface area contributed by atoms with Crippen LogP contribution in [0, 0.1) is 17.8 Å². The summed E-state index contributed by atoms with van der Waals surface area (Å²) in [6.07, 6.45) is 5.37. The minimum Gasteiger partial charge on any atom is -0.444 e. The molecule has 3 aliphatic rings. The van der Waals surface area contributed by atoms with Gasteiger partial charge in [-0.05, 0) is 64.7 Å². The fourth-order valence-electron chi connectivity index (χ4n) is 4.96. The Hall–Kier alpha value is -1.35. The molecule has 3 saturated heterocycles. The third kappa shape index (κ3) is 5.87. The normalized spacial score (nSPS) is 27.3. The van der Waals surface area contributed by atoms with Crippen molar-refractivity contribution in [1.29, 1.82) is 0 Å². The Morgan fingerprint density at radius 3 is 2.07 bits per heavy atom. The Morgan fingerprint density at radius 2 is 1.47 bits per heavy atom. The molecule has 2 amide bonds. The van der Waals surface area contributed by atoms with Crippen LogP contribution in [0.25, 0.3) is 0 Å². The Morgan fingerprint density at radius 1 is 0.867 bits per heavy atom. The molecule has 0 bridgehead atoms. The fourth-order valence-corrected chi connectivity index (χ4v) is 5.87. The van der Waals surface area contributed by atoms with Gasteiger partial charge >= 0.3 is 6.09 Å². The summed E-state index contributed by atoms with van der Waals surface area (Å²) in [6, 6.07) is 0. The van der Waals surface area contributed by atoms with Crippen LogP contribution >= 0.6 is 0 Å². The van der Waals surface area contributed by atoms with Gasteiger partial charge in [0.1, 0.15) is 5.60 Å². The fraction of sp³-hybridized carbons (Fsp3) is 0.905. The van der Waals surface area contributed by atoms with Crippen LogP contribution in [0.2, 0.25) is 0 Å². The lowest BCUT2D eigenvalue weighted by molar-refractivity contribution is -0.138. The van der Waals surface area contributed by atoms with Crippen molar-refractivity contribution in [3.63, 3.8) is 0 Å². The number of piperidine rings is 2. The lowest BCUT2D eigenvalue weighted by Crippen LogP contribution is -2.48. The average molecular weight is 444 g/mol. The van der Waals surface area contributed by atoms with Gasteiger partial charge in [0.05, 0.1) is 12.2 Å². The van der Waals surface area contributed by atoms with E-state index in [1.807, 2.05) is 30.6 Å². The molecule has 0 radical (unpaired) electrons. The van der Waals surface area contributed by atoms with E-state index in [9.17, 15) is 18.0 Å². The molecule has 3 aliphatic heterocycles. The molecule has 0 aromatic heterocycles. The highest BCUT2D eigenvalue weighted by molar-refractivity contribution is 7.88. The van der Waals surface area contributed by atoms with Crippen molar-refractivity contribution in [3.05, 3.63) is 0 Å². The largest absolute Gasteiger partial charge is 0.444 e. The van der Waals surface area contributed by atoms with Gasteiger partial charge in [-0.15, -0.1) is 0 Å². The van der Waals surface area contributed by atoms with Crippen LogP contribution in [0.1, 0.15) is 52.9 Å². The predicted octanol–water partition coefficient (Wildman–Crippen LogP) is 2.15. The van der Waals surface area contributed by atoms with E-state index < -0.39 is 15.6 Å². The second kappa shape index (κ2) is 9.02. The quantitative estimate of drug-likeness (QED) is 0.667. The predicted molar refractivity (Wildman–Crippen MR) is 114 cm³/mol. The van der Waals surface area contributed by atoms with E-state index in [2.05, 4.69) is 0 Å². The van der Waals surface area contributed by atoms with Crippen molar-refractivity contribution < 1.29 is 22.7 Å². The number of likely N-dealkylation sites (tertiary alicyclic amines) is 2. The molecule has 0 aromatic rings. The number of hydrogen-bond acceptors (Lipinski definition) is 5. The molecule has 2 atom stereocenters. The topological polar surface area (TPSA) is 87.2 Å². The number of ether oxygens (including phenoxy) is 1. The van der Waals surface area contributed by atoms with Gasteiger partial charge < -0.3 is 14.5 Å². The van der Waals surface area contributed by atoms with Gasteiger partial charge in [0.15, 0.2) is 0 Å². The highest BCUT2D eigenvalue weighted by Gasteiger charge is 2.38. The summed E-state index contributed by atoms with van der Waals surface area (Å²) < 4.78 is 30.6. The number of amides is 2. The summed E-state index contributed by atoms with van der Waals surface area (Å²) in [7, 11) is -3.25. The number of carbonyl (C=O) groups excluding carboxylic acids is 2. The lowest BCUT2D eigenvalue weighted by atomic mass is 9.83. The van der Waals surface area contributed by atoms with Crippen molar-refractivity contribution in [2.45, 2.75) is 58.5 Å². The summed E-state index contributed by atoms with van der Waals surface area (Å²) in [5.41, 5.74) is -0.479. The summed E-state index contributed by atoms with van der Waals surface area (Å²) in [6.45, 7) is 9.39. The van der Waals surface area contributed by atoms with Gasteiger partial charge in [0.25, 0.3) is 0 Å². The van der Waals surface area contributed by atoms with E-state index in [-0.39, 0.29) is 17.9 Å². The van der Waals surface area contributed by atoms with E-state index in [1.165, 1.54) is 10.6 Å². The summed E-state index contributed by atoms with van der Waals surface area (Å²) in [4.78, 5) is 29.0. The molecule has 3 heterocycles. The Labute approximate surface area is 180 Å². The van der Waals surface area contributed by atoms with Gasteiger partial charge in [-0.2, -0.15) is 0 Å². The number of nitrogens with zero attached hydrogens (tertiary/aromatic N) is 3. The van der Waals surface area contributed by atoms with Gasteiger partial charge in [0.2, 0.25) is 15.9 Å². The zero-order valence-corrected chi connectivity index (χ0v) is 19.6. The maximum absolute atomic E-state index is 13.0. The van der Waals surface area contributed by atoms with E-state index in [4.69, 9.17) is 4.74 Å². The molecule has 0 aliphatic carbocycles. The molecule has 0 unspecified atom stereocenters. The Bertz CT molecular complexity index is 740. The van der Waals surface area contributed by atoms with Crippen LogP contribution in [0.15, 0.2) is 0 Å². The van der Waals surface area contributed by atoms with Gasteiger partial charge in [-0.3, -0.25) is 4.79 Å². The minimum absolute atomic E-state index is 0.101. The maximum atomic E-state index is 13.0. The molecule has 3 rings (SSSR count).